The molecular formula is C16H27N3O3. The summed E-state index contributed by atoms with van der Waals surface area (Å²) in [5, 5.41) is 0. The van der Waals surface area contributed by atoms with Gasteiger partial charge in [0.1, 0.15) is 12.0 Å². The number of nitrogens with two attached hydrogens (primary N) is 1. The topological polar surface area (TPSA) is 71.9 Å². The zero-order valence-corrected chi connectivity index (χ0v) is 13.6. The molecule has 2 rings (SSSR count). The van der Waals surface area contributed by atoms with Gasteiger partial charge in [-0.2, -0.15) is 0 Å². The summed E-state index contributed by atoms with van der Waals surface area (Å²) < 4.78 is 10.7. The van der Waals surface area contributed by atoms with E-state index < -0.39 is 0 Å². The molecule has 0 saturated carbocycles. The van der Waals surface area contributed by atoms with Crippen LogP contribution in [0.1, 0.15) is 36.4 Å². The minimum Gasteiger partial charge on any atom is -0.467 e. The Balaban J connectivity index is 1.93. The van der Waals surface area contributed by atoms with Crippen LogP contribution >= 0.6 is 0 Å². The summed E-state index contributed by atoms with van der Waals surface area (Å²) >= 11 is 0. The van der Waals surface area contributed by atoms with Crippen LogP contribution in [0, 0.1) is 0 Å². The molecule has 0 aliphatic carbocycles. The van der Waals surface area contributed by atoms with E-state index in [0.717, 1.165) is 45.8 Å². The summed E-state index contributed by atoms with van der Waals surface area (Å²) in [4.78, 5) is 16.9. The third-order valence-corrected chi connectivity index (χ3v) is 4.19. The molecule has 1 fully saturated rings. The molecule has 1 aliphatic rings. The molecule has 1 amide bonds. The highest BCUT2D eigenvalue weighted by Crippen LogP contribution is 2.17. The predicted molar refractivity (Wildman–Crippen MR) is 84.6 cm³/mol. The maximum absolute atomic E-state index is 12.5. The summed E-state index contributed by atoms with van der Waals surface area (Å²) in [6.45, 7) is 9.30. The number of hydrogen-bond donors (Lipinski definition) is 1. The van der Waals surface area contributed by atoms with Gasteiger partial charge in [0.05, 0.1) is 18.7 Å². The van der Waals surface area contributed by atoms with Gasteiger partial charge in [0, 0.05) is 38.8 Å². The largest absolute Gasteiger partial charge is 0.467 e. The van der Waals surface area contributed by atoms with E-state index in [-0.39, 0.29) is 5.91 Å². The summed E-state index contributed by atoms with van der Waals surface area (Å²) in [5.74, 6) is 0.678. The summed E-state index contributed by atoms with van der Waals surface area (Å²) in [7, 11) is 0. The van der Waals surface area contributed by atoms with Crippen molar-refractivity contribution in [3.63, 3.8) is 0 Å². The molecule has 0 bridgehead atoms. The zero-order valence-electron chi connectivity index (χ0n) is 13.6. The number of rotatable bonds is 7. The van der Waals surface area contributed by atoms with Crippen molar-refractivity contribution in [3.8, 4) is 0 Å². The van der Waals surface area contributed by atoms with Crippen LogP contribution in [-0.4, -0.2) is 61.1 Å². The van der Waals surface area contributed by atoms with Crippen molar-refractivity contribution in [1.29, 1.82) is 0 Å². The average Bonchev–Trinajstić information content (AvgIpc) is 3.03. The SMILES string of the molecule is CCOCCN1CCN(C(=O)c2coc(CN)c2)CC1CC. The molecule has 1 unspecified atom stereocenters. The summed E-state index contributed by atoms with van der Waals surface area (Å²) in [6, 6.07) is 2.13. The lowest BCUT2D eigenvalue weighted by atomic mass is 10.1. The van der Waals surface area contributed by atoms with Gasteiger partial charge in [0.2, 0.25) is 0 Å². The van der Waals surface area contributed by atoms with E-state index in [1.54, 1.807) is 6.07 Å². The van der Waals surface area contributed by atoms with Gasteiger partial charge in [-0.1, -0.05) is 6.92 Å². The Bertz CT molecular complexity index is 475. The normalized spacial score (nSPS) is 19.6. The average molecular weight is 309 g/mol. The van der Waals surface area contributed by atoms with E-state index in [2.05, 4.69) is 11.8 Å². The Morgan fingerprint density at radius 1 is 1.45 bits per heavy atom. The molecule has 6 heteroatoms. The van der Waals surface area contributed by atoms with Crippen LogP contribution in [-0.2, 0) is 11.3 Å². The van der Waals surface area contributed by atoms with Crippen molar-refractivity contribution in [2.24, 2.45) is 5.73 Å². The van der Waals surface area contributed by atoms with E-state index in [1.807, 2.05) is 11.8 Å². The maximum atomic E-state index is 12.5. The van der Waals surface area contributed by atoms with Crippen LogP contribution in [0.4, 0.5) is 0 Å². The molecule has 1 aromatic rings. The molecule has 22 heavy (non-hydrogen) atoms. The molecule has 1 aromatic heterocycles. The number of piperazine rings is 1. The lowest BCUT2D eigenvalue weighted by Crippen LogP contribution is -2.55. The van der Waals surface area contributed by atoms with Crippen LogP contribution in [0.25, 0.3) is 0 Å². The number of carbonyl (C=O) groups excluding carboxylic acids is 1. The second kappa shape index (κ2) is 8.31. The van der Waals surface area contributed by atoms with Crippen molar-refractivity contribution in [2.45, 2.75) is 32.9 Å². The molecule has 0 aromatic carbocycles. The third-order valence-electron chi connectivity index (χ3n) is 4.19. The number of hydrogen-bond acceptors (Lipinski definition) is 5. The third kappa shape index (κ3) is 4.09. The molecule has 124 valence electrons. The molecule has 0 spiro atoms. The quantitative estimate of drug-likeness (QED) is 0.769. The van der Waals surface area contributed by atoms with Crippen LogP contribution in [0.3, 0.4) is 0 Å². The monoisotopic (exact) mass is 309 g/mol. The molecule has 2 N–H and O–H groups in total. The lowest BCUT2D eigenvalue weighted by molar-refractivity contribution is 0.0340. The molecule has 6 nitrogen and oxygen atoms in total. The van der Waals surface area contributed by atoms with Crippen LogP contribution in [0.2, 0.25) is 0 Å². The fourth-order valence-electron chi connectivity index (χ4n) is 2.87. The van der Waals surface area contributed by atoms with Crippen LogP contribution < -0.4 is 5.73 Å². The highest BCUT2D eigenvalue weighted by atomic mass is 16.5. The number of ether oxygens (including phenoxy) is 1. The molecule has 1 atom stereocenters. The van der Waals surface area contributed by atoms with E-state index >= 15 is 0 Å². The first-order valence-corrected chi connectivity index (χ1v) is 8.08. The van der Waals surface area contributed by atoms with Crippen LogP contribution in [0.15, 0.2) is 16.7 Å². The van der Waals surface area contributed by atoms with Crippen molar-refractivity contribution in [2.75, 3.05) is 39.4 Å². The van der Waals surface area contributed by atoms with E-state index in [0.29, 0.717) is 23.9 Å². The van der Waals surface area contributed by atoms with Gasteiger partial charge in [-0.25, -0.2) is 0 Å². The summed E-state index contributed by atoms with van der Waals surface area (Å²) in [6.07, 6.45) is 2.53. The Kier molecular flexibility index (Phi) is 6.42. The molecule has 0 radical (unpaired) electrons. The molecule has 1 aliphatic heterocycles. The highest BCUT2D eigenvalue weighted by molar-refractivity contribution is 5.94. The zero-order chi connectivity index (χ0) is 15.9. The Hall–Kier alpha value is -1.37. The van der Waals surface area contributed by atoms with Crippen LogP contribution in [0.5, 0.6) is 0 Å². The van der Waals surface area contributed by atoms with Gasteiger partial charge in [0.15, 0.2) is 0 Å². The van der Waals surface area contributed by atoms with Gasteiger partial charge in [-0.15, -0.1) is 0 Å². The van der Waals surface area contributed by atoms with Gasteiger partial charge in [0.25, 0.3) is 5.91 Å². The Morgan fingerprint density at radius 2 is 2.27 bits per heavy atom. The Morgan fingerprint density at radius 3 is 2.91 bits per heavy atom. The standard InChI is InChI=1S/C16H27N3O3/c1-3-14-11-19(6-5-18(14)7-8-21-4-2)16(20)13-9-15(10-17)22-12-13/h9,12,14H,3-8,10-11,17H2,1-2H3. The van der Waals surface area contributed by atoms with Gasteiger partial charge in [-0.3, -0.25) is 9.69 Å². The second-order valence-electron chi connectivity index (χ2n) is 5.55. The first kappa shape index (κ1) is 17.0. The smallest absolute Gasteiger partial charge is 0.257 e. The number of furan rings is 1. The van der Waals surface area contributed by atoms with E-state index in [1.165, 1.54) is 6.26 Å². The summed E-state index contributed by atoms with van der Waals surface area (Å²) in [5.41, 5.74) is 6.12. The van der Waals surface area contributed by atoms with E-state index in [4.69, 9.17) is 14.9 Å². The predicted octanol–water partition coefficient (Wildman–Crippen LogP) is 1.31. The molecule has 2 heterocycles. The van der Waals surface area contributed by atoms with Gasteiger partial charge < -0.3 is 19.8 Å². The number of nitrogens with zero attached hydrogens (tertiary/aromatic N) is 2. The van der Waals surface area contributed by atoms with Gasteiger partial charge >= 0.3 is 0 Å². The second-order valence-corrected chi connectivity index (χ2v) is 5.55. The fourth-order valence-corrected chi connectivity index (χ4v) is 2.87. The van der Waals surface area contributed by atoms with Crippen molar-refractivity contribution < 1.29 is 13.9 Å². The number of carbonyl (C=O) groups is 1. The Labute approximate surface area is 132 Å². The van der Waals surface area contributed by atoms with Crippen molar-refractivity contribution in [3.05, 3.63) is 23.7 Å². The van der Waals surface area contributed by atoms with Crippen molar-refractivity contribution in [1.82, 2.24) is 9.80 Å². The minimum absolute atomic E-state index is 0.0337. The van der Waals surface area contributed by atoms with Crippen molar-refractivity contribution >= 4 is 5.91 Å². The fraction of sp³-hybridized carbons (Fsp3) is 0.688. The first-order valence-electron chi connectivity index (χ1n) is 8.08. The molecular weight excluding hydrogens is 282 g/mol. The minimum atomic E-state index is 0.0337. The molecule has 1 saturated heterocycles. The lowest BCUT2D eigenvalue weighted by Gasteiger charge is -2.41. The van der Waals surface area contributed by atoms with E-state index in [9.17, 15) is 4.79 Å². The number of amides is 1. The maximum Gasteiger partial charge on any atom is 0.257 e. The van der Waals surface area contributed by atoms with Gasteiger partial charge in [-0.05, 0) is 19.4 Å². The first-order chi connectivity index (χ1) is 10.7. The highest BCUT2D eigenvalue weighted by Gasteiger charge is 2.29.